The first-order valence-electron chi connectivity index (χ1n) is 9.34. The van der Waals surface area contributed by atoms with E-state index in [9.17, 15) is 4.79 Å². The summed E-state index contributed by atoms with van der Waals surface area (Å²) in [6.45, 7) is 6.72. The van der Waals surface area contributed by atoms with Crippen LogP contribution in [0.4, 0.5) is 23.1 Å². The number of anilines is 4. The Morgan fingerprint density at radius 2 is 1.71 bits per heavy atom. The molecule has 0 atom stereocenters. The summed E-state index contributed by atoms with van der Waals surface area (Å²) in [5, 5.41) is 9.32. The molecular weight excluding hydrogens is 350 g/mol. The average Bonchev–Trinajstić information content (AvgIpc) is 2.63. The SMILES string of the molecule is CCNc1nc(C)cc(Nc2ccc(NC(=O)Cc3cccc(C)c3)cc2)n1. The van der Waals surface area contributed by atoms with Gasteiger partial charge in [0.1, 0.15) is 5.82 Å². The highest BCUT2D eigenvalue weighted by atomic mass is 16.1. The molecule has 0 bridgehead atoms. The van der Waals surface area contributed by atoms with Crippen LogP contribution < -0.4 is 16.0 Å². The summed E-state index contributed by atoms with van der Waals surface area (Å²) in [6, 6.07) is 17.4. The van der Waals surface area contributed by atoms with E-state index >= 15 is 0 Å². The standard InChI is InChI=1S/C22H25N5O/c1-4-23-22-24-16(3)13-20(27-22)25-18-8-10-19(11-9-18)26-21(28)14-17-7-5-6-15(2)12-17/h5-13H,4,14H2,1-3H3,(H,26,28)(H2,23,24,25,27). The number of benzene rings is 2. The lowest BCUT2D eigenvalue weighted by Gasteiger charge is -2.10. The summed E-state index contributed by atoms with van der Waals surface area (Å²) in [6.07, 6.45) is 0.356. The first-order chi connectivity index (χ1) is 13.5. The number of amides is 1. The van der Waals surface area contributed by atoms with E-state index in [2.05, 4.69) is 25.9 Å². The number of rotatable bonds is 7. The maximum atomic E-state index is 12.3. The molecule has 144 valence electrons. The van der Waals surface area contributed by atoms with Gasteiger partial charge >= 0.3 is 0 Å². The van der Waals surface area contributed by atoms with Crippen LogP contribution in [-0.2, 0) is 11.2 Å². The van der Waals surface area contributed by atoms with Gasteiger partial charge < -0.3 is 16.0 Å². The van der Waals surface area contributed by atoms with Gasteiger partial charge in [-0.15, -0.1) is 0 Å². The molecule has 3 aromatic rings. The Bertz CT molecular complexity index is 953. The molecule has 1 heterocycles. The predicted molar refractivity (Wildman–Crippen MR) is 114 cm³/mol. The second kappa shape index (κ2) is 8.99. The minimum absolute atomic E-state index is 0.0342. The van der Waals surface area contributed by atoms with E-state index < -0.39 is 0 Å². The van der Waals surface area contributed by atoms with E-state index in [4.69, 9.17) is 0 Å². The molecule has 0 aliphatic heterocycles. The summed E-state index contributed by atoms with van der Waals surface area (Å²) in [4.78, 5) is 21.0. The highest BCUT2D eigenvalue weighted by Crippen LogP contribution is 2.19. The molecule has 0 fully saturated rings. The topological polar surface area (TPSA) is 78.9 Å². The zero-order chi connectivity index (χ0) is 19.9. The molecule has 1 aromatic heterocycles. The summed E-state index contributed by atoms with van der Waals surface area (Å²) in [5.41, 5.74) is 4.69. The average molecular weight is 375 g/mol. The lowest BCUT2D eigenvalue weighted by Crippen LogP contribution is -2.14. The highest BCUT2D eigenvalue weighted by molar-refractivity contribution is 5.92. The highest BCUT2D eigenvalue weighted by Gasteiger charge is 2.06. The van der Waals surface area contributed by atoms with Gasteiger partial charge in [-0.1, -0.05) is 29.8 Å². The van der Waals surface area contributed by atoms with Gasteiger partial charge in [0, 0.05) is 29.7 Å². The number of carbonyl (C=O) groups is 1. The van der Waals surface area contributed by atoms with Gasteiger partial charge in [-0.25, -0.2) is 4.98 Å². The van der Waals surface area contributed by atoms with E-state index in [1.54, 1.807) is 0 Å². The summed E-state index contributed by atoms with van der Waals surface area (Å²) in [7, 11) is 0. The van der Waals surface area contributed by atoms with Crippen molar-refractivity contribution in [2.45, 2.75) is 27.2 Å². The van der Waals surface area contributed by atoms with E-state index in [1.165, 1.54) is 0 Å². The van der Waals surface area contributed by atoms with Gasteiger partial charge in [0.25, 0.3) is 0 Å². The Balaban J connectivity index is 1.61. The van der Waals surface area contributed by atoms with Crippen molar-refractivity contribution in [3.05, 3.63) is 71.4 Å². The van der Waals surface area contributed by atoms with Crippen molar-refractivity contribution in [1.82, 2.24) is 9.97 Å². The van der Waals surface area contributed by atoms with Crippen LogP contribution in [0.1, 0.15) is 23.7 Å². The third kappa shape index (κ3) is 5.54. The Kier molecular flexibility index (Phi) is 6.22. The second-order valence-corrected chi connectivity index (χ2v) is 6.66. The molecule has 0 spiro atoms. The lowest BCUT2D eigenvalue weighted by atomic mass is 10.1. The molecule has 6 heteroatoms. The van der Waals surface area contributed by atoms with Crippen molar-refractivity contribution in [2.75, 3.05) is 22.5 Å². The third-order valence-electron chi connectivity index (χ3n) is 4.08. The van der Waals surface area contributed by atoms with Crippen LogP contribution in [0.5, 0.6) is 0 Å². The first kappa shape index (κ1) is 19.4. The molecule has 3 rings (SSSR count). The van der Waals surface area contributed by atoms with Crippen LogP contribution in [0, 0.1) is 13.8 Å². The fourth-order valence-corrected chi connectivity index (χ4v) is 2.87. The molecule has 2 aromatic carbocycles. The minimum atomic E-state index is -0.0342. The molecule has 0 aliphatic carbocycles. The number of carbonyl (C=O) groups excluding carboxylic acids is 1. The van der Waals surface area contributed by atoms with Crippen molar-refractivity contribution in [2.24, 2.45) is 0 Å². The number of hydrogen-bond acceptors (Lipinski definition) is 5. The third-order valence-corrected chi connectivity index (χ3v) is 4.08. The molecule has 0 aliphatic rings. The van der Waals surface area contributed by atoms with Crippen molar-refractivity contribution >= 4 is 29.0 Å². The molecule has 0 unspecified atom stereocenters. The van der Waals surface area contributed by atoms with E-state index in [1.807, 2.05) is 75.4 Å². The molecule has 0 saturated carbocycles. The van der Waals surface area contributed by atoms with Gasteiger partial charge in [0.2, 0.25) is 11.9 Å². The van der Waals surface area contributed by atoms with Crippen LogP contribution in [0.25, 0.3) is 0 Å². The Morgan fingerprint density at radius 3 is 2.43 bits per heavy atom. The second-order valence-electron chi connectivity index (χ2n) is 6.66. The lowest BCUT2D eigenvalue weighted by molar-refractivity contribution is -0.115. The molecular formula is C22H25N5O. The quantitative estimate of drug-likeness (QED) is 0.569. The maximum absolute atomic E-state index is 12.3. The molecule has 28 heavy (non-hydrogen) atoms. The zero-order valence-electron chi connectivity index (χ0n) is 16.4. The number of aromatic nitrogens is 2. The van der Waals surface area contributed by atoms with Crippen LogP contribution in [0.3, 0.4) is 0 Å². The van der Waals surface area contributed by atoms with Gasteiger partial charge in [0.05, 0.1) is 6.42 Å². The maximum Gasteiger partial charge on any atom is 0.228 e. The van der Waals surface area contributed by atoms with E-state index in [-0.39, 0.29) is 5.91 Å². The normalized spacial score (nSPS) is 10.4. The molecule has 3 N–H and O–H groups in total. The largest absolute Gasteiger partial charge is 0.354 e. The van der Waals surface area contributed by atoms with Crippen molar-refractivity contribution in [1.29, 1.82) is 0 Å². The summed E-state index contributed by atoms with van der Waals surface area (Å²) in [5.74, 6) is 1.29. The number of hydrogen-bond donors (Lipinski definition) is 3. The monoisotopic (exact) mass is 375 g/mol. The van der Waals surface area contributed by atoms with E-state index in [0.29, 0.717) is 12.4 Å². The van der Waals surface area contributed by atoms with Crippen LogP contribution in [0.15, 0.2) is 54.6 Å². The number of aryl methyl sites for hydroxylation is 2. The fraction of sp³-hybridized carbons (Fsp3) is 0.227. The van der Waals surface area contributed by atoms with Crippen molar-refractivity contribution in [3.63, 3.8) is 0 Å². The van der Waals surface area contributed by atoms with Crippen molar-refractivity contribution in [3.8, 4) is 0 Å². The Labute approximate surface area is 165 Å². The molecule has 0 saturated heterocycles. The van der Waals surface area contributed by atoms with Crippen molar-refractivity contribution < 1.29 is 4.79 Å². The van der Waals surface area contributed by atoms with Gasteiger partial charge in [-0.2, -0.15) is 4.98 Å². The van der Waals surface area contributed by atoms with Crippen LogP contribution in [-0.4, -0.2) is 22.4 Å². The Hall–Kier alpha value is -3.41. The summed E-state index contributed by atoms with van der Waals surface area (Å²) < 4.78 is 0. The van der Waals surface area contributed by atoms with Gasteiger partial charge in [-0.3, -0.25) is 4.79 Å². The molecule has 0 radical (unpaired) electrons. The predicted octanol–water partition coefficient (Wildman–Crippen LogP) is 4.45. The molecule has 1 amide bonds. The first-order valence-corrected chi connectivity index (χ1v) is 9.34. The van der Waals surface area contributed by atoms with Gasteiger partial charge in [0.15, 0.2) is 0 Å². The number of nitrogens with one attached hydrogen (secondary N) is 3. The fourth-order valence-electron chi connectivity index (χ4n) is 2.87. The Morgan fingerprint density at radius 1 is 0.964 bits per heavy atom. The van der Waals surface area contributed by atoms with Crippen LogP contribution in [0.2, 0.25) is 0 Å². The van der Waals surface area contributed by atoms with E-state index in [0.717, 1.165) is 40.6 Å². The zero-order valence-corrected chi connectivity index (χ0v) is 16.4. The smallest absolute Gasteiger partial charge is 0.228 e. The minimum Gasteiger partial charge on any atom is -0.354 e. The molecule has 6 nitrogen and oxygen atoms in total. The number of nitrogens with zero attached hydrogens (tertiary/aromatic N) is 2. The van der Waals surface area contributed by atoms with Gasteiger partial charge in [-0.05, 0) is 50.6 Å². The summed E-state index contributed by atoms with van der Waals surface area (Å²) >= 11 is 0. The van der Waals surface area contributed by atoms with Crippen LogP contribution >= 0.6 is 0 Å².